The Kier molecular flexibility index (Phi) is 5.83. The second-order valence-electron chi connectivity index (χ2n) is 5.88. The molecule has 7 nitrogen and oxygen atoms in total. The maximum atomic E-state index is 13.7. The van der Waals surface area contributed by atoms with Gasteiger partial charge < -0.3 is 19.9 Å². The minimum atomic E-state index is -0.276. The van der Waals surface area contributed by atoms with Crippen LogP contribution in [0, 0.1) is 5.82 Å². The molecule has 0 saturated carbocycles. The van der Waals surface area contributed by atoms with Gasteiger partial charge in [-0.15, -0.1) is 0 Å². The molecule has 0 atom stereocenters. The second kappa shape index (κ2) is 8.46. The Morgan fingerprint density at radius 1 is 1.23 bits per heavy atom. The molecule has 0 radical (unpaired) electrons. The number of ether oxygens (including phenoxy) is 1. The molecule has 1 aromatic carbocycles. The Morgan fingerprint density at radius 2 is 2.00 bits per heavy atom. The smallest absolute Gasteiger partial charge is 0.409 e. The molecule has 1 aliphatic heterocycles. The molecule has 1 aliphatic rings. The highest BCUT2D eigenvalue weighted by atomic mass is 19.1. The maximum absolute atomic E-state index is 13.7. The van der Waals surface area contributed by atoms with Crippen molar-refractivity contribution >= 4 is 17.7 Å². The Morgan fingerprint density at radius 3 is 2.73 bits per heavy atom. The molecule has 1 amide bonds. The first kappa shape index (κ1) is 17.9. The molecule has 0 bridgehead atoms. The average molecular weight is 359 g/mol. The van der Waals surface area contributed by atoms with E-state index in [0.29, 0.717) is 50.7 Å². The van der Waals surface area contributed by atoms with Crippen LogP contribution in [0.4, 0.5) is 20.8 Å². The van der Waals surface area contributed by atoms with Crippen molar-refractivity contribution in [3.8, 4) is 0 Å². The van der Waals surface area contributed by atoms with Crippen molar-refractivity contribution in [3.05, 3.63) is 48.0 Å². The van der Waals surface area contributed by atoms with E-state index in [1.165, 1.54) is 12.4 Å². The number of hydrogen-bond donors (Lipinski definition) is 1. The largest absolute Gasteiger partial charge is 0.450 e. The number of carbonyl (C=O) groups excluding carboxylic acids is 1. The topological polar surface area (TPSA) is 70.6 Å². The number of benzene rings is 1. The summed E-state index contributed by atoms with van der Waals surface area (Å²) in [5.41, 5.74) is 0.579. The molecule has 138 valence electrons. The first-order valence-corrected chi connectivity index (χ1v) is 8.63. The van der Waals surface area contributed by atoms with E-state index in [1.54, 1.807) is 30.0 Å². The van der Waals surface area contributed by atoms with Gasteiger partial charge in [0, 0.05) is 44.4 Å². The van der Waals surface area contributed by atoms with E-state index in [2.05, 4.69) is 20.2 Å². The van der Waals surface area contributed by atoms with Crippen LogP contribution in [0.5, 0.6) is 0 Å². The van der Waals surface area contributed by atoms with Gasteiger partial charge in [0.2, 0.25) is 0 Å². The number of piperazine rings is 1. The van der Waals surface area contributed by atoms with Gasteiger partial charge in [0.1, 0.15) is 23.8 Å². The van der Waals surface area contributed by atoms with Crippen molar-refractivity contribution in [3.63, 3.8) is 0 Å². The van der Waals surface area contributed by atoms with E-state index in [0.717, 1.165) is 5.82 Å². The normalized spacial score (nSPS) is 14.2. The van der Waals surface area contributed by atoms with Crippen molar-refractivity contribution < 1.29 is 13.9 Å². The van der Waals surface area contributed by atoms with Crippen LogP contribution in [-0.4, -0.2) is 53.7 Å². The van der Waals surface area contributed by atoms with E-state index >= 15 is 0 Å². The lowest BCUT2D eigenvalue weighted by atomic mass is 10.2. The van der Waals surface area contributed by atoms with Crippen LogP contribution in [0.25, 0.3) is 0 Å². The molecule has 3 rings (SSSR count). The molecule has 2 aromatic rings. The van der Waals surface area contributed by atoms with Crippen molar-refractivity contribution in [1.82, 2.24) is 14.9 Å². The van der Waals surface area contributed by atoms with Gasteiger partial charge in [-0.1, -0.05) is 18.2 Å². The predicted molar refractivity (Wildman–Crippen MR) is 96.6 cm³/mol. The molecule has 1 aromatic heterocycles. The Labute approximate surface area is 151 Å². The van der Waals surface area contributed by atoms with Crippen LogP contribution in [-0.2, 0) is 11.3 Å². The van der Waals surface area contributed by atoms with Gasteiger partial charge in [0.15, 0.2) is 0 Å². The number of anilines is 2. The van der Waals surface area contributed by atoms with E-state index in [-0.39, 0.29) is 11.9 Å². The summed E-state index contributed by atoms with van der Waals surface area (Å²) in [6.07, 6.45) is 1.21. The number of nitrogens with zero attached hydrogens (tertiary/aromatic N) is 4. The van der Waals surface area contributed by atoms with E-state index < -0.39 is 0 Å². The van der Waals surface area contributed by atoms with Gasteiger partial charge in [-0.3, -0.25) is 0 Å². The second-order valence-corrected chi connectivity index (χ2v) is 5.88. The molecule has 26 heavy (non-hydrogen) atoms. The lowest BCUT2D eigenvalue weighted by Gasteiger charge is -2.34. The Hall–Kier alpha value is -2.90. The summed E-state index contributed by atoms with van der Waals surface area (Å²) < 4.78 is 18.7. The highest BCUT2D eigenvalue weighted by Crippen LogP contribution is 2.17. The van der Waals surface area contributed by atoms with Crippen LogP contribution >= 0.6 is 0 Å². The van der Waals surface area contributed by atoms with Gasteiger partial charge in [-0.25, -0.2) is 19.2 Å². The number of carbonyl (C=O) groups is 1. The third-order valence-electron chi connectivity index (χ3n) is 4.20. The van der Waals surface area contributed by atoms with Gasteiger partial charge in [0.05, 0.1) is 6.61 Å². The fourth-order valence-electron chi connectivity index (χ4n) is 2.78. The average Bonchev–Trinajstić information content (AvgIpc) is 2.68. The summed E-state index contributed by atoms with van der Waals surface area (Å²) >= 11 is 0. The van der Waals surface area contributed by atoms with Crippen LogP contribution < -0.4 is 10.2 Å². The Balaban J connectivity index is 1.58. The van der Waals surface area contributed by atoms with Crippen LogP contribution in [0.1, 0.15) is 12.5 Å². The Bertz CT molecular complexity index is 750. The van der Waals surface area contributed by atoms with E-state index in [9.17, 15) is 9.18 Å². The van der Waals surface area contributed by atoms with E-state index in [1.807, 2.05) is 6.07 Å². The third-order valence-corrected chi connectivity index (χ3v) is 4.20. The van der Waals surface area contributed by atoms with Gasteiger partial charge >= 0.3 is 6.09 Å². The molecule has 8 heteroatoms. The lowest BCUT2D eigenvalue weighted by molar-refractivity contribution is 0.105. The summed E-state index contributed by atoms with van der Waals surface area (Å²) in [7, 11) is 0. The zero-order valence-electron chi connectivity index (χ0n) is 14.7. The van der Waals surface area contributed by atoms with Gasteiger partial charge in [-0.05, 0) is 13.0 Å². The molecule has 0 unspecified atom stereocenters. The van der Waals surface area contributed by atoms with Gasteiger partial charge in [0.25, 0.3) is 0 Å². The quantitative estimate of drug-likeness (QED) is 0.885. The number of hydrogen-bond acceptors (Lipinski definition) is 6. The molecule has 0 aliphatic carbocycles. The van der Waals surface area contributed by atoms with Gasteiger partial charge in [-0.2, -0.15) is 0 Å². The highest BCUT2D eigenvalue weighted by molar-refractivity contribution is 5.68. The third kappa shape index (κ3) is 4.38. The molecule has 1 saturated heterocycles. The summed E-state index contributed by atoms with van der Waals surface area (Å²) in [6.45, 7) is 5.03. The number of amides is 1. The van der Waals surface area contributed by atoms with Crippen LogP contribution in [0.2, 0.25) is 0 Å². The minimum absolute atomic E-state index is 0.246. The van der Waals surface area contributed by atoms with Crippen molar-refractivity contribution in [2.45, 2.75) is 13.5 Å². The number of rotatable bonds is 5. The summed E-state index contributed by atoms with van der Waals surface area (Å²) in [6, 6.07) is 8.47. The molecule has 0 spiro atoms. The first-order valence-electron chi connectivity index (χ1n) is 8.63. The molecule has 2 heterocycles. The van der Waals surface area contributed by atoms with E-state index in [4.69, 9.17) is 4.74 Å². The highest BCUT2D eigenvalue weighted by Gasteiger charge is 2.22. The predicted octanol–water partition coefficient (Wildman–Crippen LogP) is 2.51. The summed E-state index contributed by atoms with van der Waals surface area (Å²) in [5.74, 6) is 1.16. The van der Waals surface area contributed by atoms with Crippen LogP contribution in [0.3, 0.4) is 0 Å². The zero-order valence-corrected chi connectivity index (χ0v) is 14.7. The fraction of sp³-hybridized carbons (Fsp3) is 0.389. The maximum Gasteiger partial charge on any atom is 0.409 e. The lowest BCUT2D eigenvalue weighted by Crippen LogP contribution is -2.49. The molecule has 1 fully saturated rings. The monoisotopic (exact) mass is 359 g/mol. The zero-order chi connectivity index (χ0) is 18.4. The number of aromatic nitrogens is 2. The molecule has 1 N–H and O–H groups in total. The summed E-state index contributed by atoms with van der Waals surface area (Å²) in [5, 5.41) is 3.12. The summed E-state index contributed by atoms with van der Waals surface area (Å²) in [4.78, 5) is 24.0. The minimum Gasteiger partial charge on any atom is -0.450 e. The van der Waals surface area contributed by atoms with Crippen molar-refractivity contribution in [2.24, 2.45) is 0 Å². The standard InChI is InChI=1S/C18H22FN5O2/c1-2-26-18(25)24-9-7-23(8-10-24)17-11-16(21-13-22-17)20-12-14-5-3-4-6-15(14)19/h3-6,11,13H,2,7-10,12H2,1H3,(H,20,21,22). The number of nitrogens with one attached hydrogen (secondary N) is 1. The van der Waals surface area contributed by atoms with Crippen LogP contribution in [0.15, 0.2) is 36.7 Å². The molecular weight excluding hydrogens is 337 g/mol. The molecular formula is C18H22FN5O2. The van der Waals surface area contributed by atoms with Crippen molar-refractivity contribution in [2.75, 3.05) is 43.0 Å². The van der Waals surface area contributed by atoms with Crippen molar-refractivity contribution in [1.29, 1.82) is 0 Å². The fourth-order valence-corrected chi connectivity index (χ4v) is 2.78. The number of halogens is 1. The SMILES string of the molecule is CCOC(=O)N1CCN(c2cc(NCc3ccccc3F)ncn2)CC1. The first-order chi connectivity index (χ1) is 12.7.